The van der Waals surface area contributed by atoms with Gasteiger partial charge >= 0.3 is 0 Å². The summed E-state index contributed by atoms with van der Waals surface area (Å²) in [6.45, 7) is 3.49. The van der Waals surface area contributed by atoms with Gasteiger partial charge in [-0.3, -0.25) is 0 Å². The molecular weight excluding hydrogens is 300 g/mol. The van der Waals surface area contributed by atoms with Gasteiger partial charge in [-0.15, -0.1) is 0 Å². The van der Waals surface area contributed by atoms with Crippen molar-refractivity contribution in [3.63, 3.8) is 0 Å². The molecule has 0 amide bonds. The molecule has 0 spiro atoms. The van der Waals surface area contributed by atoms with Crippen molar-refractivity contribution in [3.05, 3.63) is 18.2 Å². The zero-order chi connectivity index (χ0) is 15.7. The number of hydrogen-bond acceptors (Lipinski definition) is 5. The fraction of sp³-hybridized carbons (Fsp3) is 0.500. The van der Waals surface area contributed by atoms with Gasteiger partial charge in [0.25, 0.3) is 0 Å². The molecule has 1 aromatic rings. The largest absolute Gasteiger partial charge is 0.387 e. The van der Waals surface area contributed by atoms with Crippen LogP contribution in [-0.2, 0) is 19.9 Å². The van der Waals surface area contributed by atoms with Crippen molar-refractivity contribution < 1.29 is 16.8 Å². The van der Waals surface area contributed by atoms with Gasteiger partial charge in [0, 0.05) is 26.4 Å². The molecule has 0 atom stereocenters. The van der Waals surface area contributed by atoms with Gasteiger partial charge in [-0.1, -0.05) is 0 Å². The zero-order valence-electron chi connectivity index (χ0n) is 12.2. The van der Waals surface area contributed by atoms with Crippen LogP contribution in [0.3, 0.4) is 0 Å². The average molecular weight is 320 g/mol. The Labute approximate surface area is 120 Å². The predicted octanol–water partition coefficient (Wildman–Crippen LogP) is 1.16. The van der Waals surface area contributed by atoms with Crippen LogP contribution >= 0.6 is 0 Å². The maximum Gasteiger partial charge on any atom is 0.245 e. The molecule has 0 saturated carbocycles. The Kier molecular flexibility index (Phi) is 4.83. The Bertz CT molecular complexity index is 694. The fourth-order valence-electron chi connectivity index (χ4n) is 1.59. The molecule has 114 valence electrons. The topological polar surface area (TPSA) is 83.5 Å². The summed E-state index contributed by atoms with van der Waals surface area (Å²) in [5.41, 5.74) is 0.366. The summed E-state index contributed by atoms with van der Waals surface area (Å²) in [6.07, 6.45) is 1.05. The first kappa shape index (κ1) is 16.9. The second-order valence-electron chi connectivity index (χ2n) is 4.80. The lowest BCUT2D eigenvalue weighted by Crippen LogP contribution is -2.33. The van der Waals surface area contributed by atoms with Crippen LogP contribution < -0.4 is 5.32 Å². The highest BCUT2D eigenvalue weighted by atomic mass is 32.2. The van der Waals surface area contributed by atoms with E-state index in [9.17, 15) is 16.8 Å². The number of sulfone groups is 1. The third-order valence-electron chi connectivity index (χ3n) is 3.03. The molecule has 8 heteroatoms. The van der Waals surface area contributed by atoms with Crippen molar-refractivity contribution in [2.45, 2.75) is 29.7 Å². The molecule has 0 fully saturated rings. The number of sulfonamides is 1. The van der Waals surface area contributed by atoms with Crippen LogP contribution in [0.1, 0.15) is 13.8 Å². The SMILES string of the molecule is CNc1ccc(S(C)(=O)=O)cc1S(=O)(=O)N(C)C(C)C. The molecule has 0 radical (unpaired) electrons. The molecule has 1 aromatic carbocycles. The third-order valence-corrected chi connectivity index (χ3v) is 6.22. The van der Waals surface area contributed by atoms with Gasteiger partial charge in [-0.2, -0.15) is 4.31 Å². The zero-order valence-corrected chi connectivity index (χ0v) is 13.8. The van der Waals surface area contributed by atoms with E-state index in [0.29, 0.717) is 5.69 Å². The molecule has 0 bridgehead atoms. The van der Waals surface area contributed by atoms with Crippen LogP contribution in [0.2, 0.25) is 0 Å². The van der Waals surface area contributed by atoms with Crippen LogP contribution in [-0.4, -0.2) is 47.5 Å². The van der Waals surface area contributed by atoms with Crippen LogP contribution in [0.5, 0.6) is 0 Å². The van der Waals surface area contributed by atoms with Crippen LogP contribution in [0.15, 0.2) is 28.0 Å². The Morgan fingerprint density at radius 2 is 1.70 bits per heavy atom. The highest BCUT2D eigenvalue weighted by Crippen LogP contribution is 2.27. The lowest BCUT2D eigenvalue weighted by molar-refractivity contribution is 0.410. The summed E-state index contributed by atoms with van der Waals surface area (Å²) in [5, 5.41) is 2.77. The third kappa shape index (κ3) is 3.31. The van der Waals surface area contributed by atoms with Gasteiger partial charge in [0.2, 0.25) is 10.0 Å². The van der Waals surface area contributed by atoms with Crippen molar-refractivity contribution in [1.82, 2.24) is 4.31 Å². The van der Waals surface area contributed by atoms with Crippen LogP contribution in [0, 0.1) is 0 Å². The van der Waals surface area contributed by atoms with Gasteiger partial charge in [0.15, 0.2) is 9.84 Å². The van der Waals surface area contributed by atoms with Crippen molar-refractivity contribution in [2.75, 3.05) is 25.7 Å². The molecule has 1 rings (SSSR count). The van der Waals surface area contributed by atoms with E-state index < -0.39 is 19.9 Å². The standard InChI is InChI=1S/C12H20N2O4S2/c1-9(2)14(4)20(17,18)12-8-10(19(5,15)16)6-7-11(12)13-3/h6-9,13H,1-5H3. The van der Waals surface area contributed by atoms with Gasteiger partial charge < -0.3 is 5.32 Å². The number of rotatable bonds is 5. The van der Waals surface area contributed by atoms with Crippen molar-refractivity contribution >= 4 is 25.5 Å². The first-order chi connectivity index (χ1) is 9.01. The van der Waals surface area contributed by atoms with Crippen molar-refractivity contribution in [2.24, 2.45) is 0 Å². The highest BCUT2D eigenvalue weighted by Gasteiger charge is 2.27. The monoisotopic (exact) mass is 320 g/mol. The fourth-order valence-corrected chi connectivity index (χ4v) is 3.90. The normalized spacial score (nSPS) is 12.9. The predicted molar refractivity (Wildman–Crippen MR) is 79.2 cm³/mol. The molecule has 0 heterocycles. The molecule has 20 heavy (non-hydrogen) atoms. The minimum atomic E-state index is -3.76. The second kappa shape index (κ2) is 5.71. The number of anilines is 1. The summed E-state index contributed by atoms with van der Waals surface area (Å²) < 4.78 is 49.4. The number of benzene rings is 1. The first-order valence-corrected chi connectivity index (χ1v) is 9.35. The van der Waals surface area contributed by atoms with Crippen LogP contribution in [0.4, 0.5) is 5.69 Å². The van der Waals surface area contributed by atoms with Gasteiger partial charge in [0.05, 0.1) is 10.6 Å². The average Bonchev–Trinajstić information content (AvgIpc) is 2.35. The van der Waals surface area contributed by atoms with E-state index in [4.69, 9.17) is 0 Å². The summed E-state index contributed by atoms with van der Waals surface area (Å²) in [5.74, 6) is 0. The smallest absolute Gasteiger partial charge is 0.245 e. The van der Waals surface area contributed by atoms with E-state index in [1.165, 1.54) is 29.6 Å². The maximum atomic E-state index is 12.5. The van der Waals surface area contributed by atoms with E-state index in [0.717, 1.165) is 6.26 Å². The molecule has 6 nitrogen and oxygen atoms in total. The van der Waals surface area contributed by atoms with Gasteiger partial charge in [0.1, 0.15) is 4.90 Å². The van der Waals surface area contributed by atoms with E-state index >= 15 is 0 Å². The molecule has 0 unspecified atom stereocenters. The molecule has 0 aliphatic carbocycles. The lowest BCUT2D eigenvalue weighted by Gasteiger charge is -2.22. The number of nitrogens with one attached hydrogen (secondary N) is 1. The molecule has 0 aromatic heterocycles. The number of hydrogen-bond donors (Lipinski definition) is 1. The minimum absolute atomic E-state index is 0.0211. The van der Waals surface area contributed by atoms with E-state index in [-0.39, 0.29) is 15.8 Å². The minimum Gasteiger partial charge on any atom is -0.387 e. The first-order valence-electron chi connectivity index (χ1n) is 6.01. The Morgan fingerprint density at radius 3 is 2.10 bits per heavy atom. The van der Waals surface area contributed by atoms with E-state index in [1.807, 2.05) is 0 Å². The van der Waals surface area contributed by atoms with Crippen LogP contribution in [0.25, 0.3) is 0 Å². The molecule has 0 saturated heterocycles. The summed E-state index contributed by atoms with van der Waals surface area (Å²) >= 11 is 0. The molecule has 0 aliphatic rings. The van der Waals surface area contributed by atoms with Gasteiger partial charge in [-0.05, 0) is 32.0 Å². The quantitative estimate of drug-likeness (QED) is 0.880. The Balaban J connectivity index is 3.58. The highest BCUT2D eigenvalue weighted by molar-refractivity contribution is 7.91. The van der Waals surface area contributed by atoms with E-state index in [2.05, 4.69) is 5.32 Å². The molecule has 0 aliphatic heterocycles. The Morgan fingerprint density at radius 1 is 1.15 bits per heavy atom. The van der Waals surface area contributed by atoms with Crippen molar-refractivity contribution in [1.29, 1.82) is 0 Å². The molecular formula is C12H20N2O4S2. The summed E-state index contributed by atoms with van der Waals surface area (Å²) in [7, 11) is -4.17. The van der Waals surface area contributed by atoms with Crippen molar-refractivity contribution in [3.8, 4) is 0 Å². The maximum absolute atomic E-state index is 12.5. The summed E-state index contributed by atoms with van der Waals surface area (Å²) in [6, 6.07) is 3.80. The summed E-state index contributed by atoms with van der Waals surface area (Å²) in [4.78, 5) is -0.0636. The Hall–Kier alpha value is -1.12. The van der Waals surface area contributed by atoms with E-state index in [1.54, 1.807) is 20.9 Å². The number of nitrogens with zero attached hydrogens (tertiary/aromatic N) is 1. The van der Waals surface area contributed by atoms with Gasteiger partial charge in [-0.25, -0.2) is 16.8 Å². The second-order valence-corrected chi connectivity index (χ2v) is 8.78. The molecule has 1 N–H and O–H groups in total. The lowest BCUT2D eigenvalue weighted by atomic mass is 10.3.